The Balaban J connectivity index is 4.05. The number of rotatable bonds is 7. The van der Waals surface area contributed by atoms with Crippen LogP contribution < -0.4 is 0 Å². The normalized spacial score (nSPS) is 15.6. The van der Waals surface area contributed by atoms with Crippen molar-refractivity contribution in [3.63, 3.8) is 0 Å². The van der Waals surface area contributed by atoms with Crippen LogP contribution in [0.1, 0.15) is 59.8 Å². The highest BCUT2D eigenvalue weighted by atomic mass is 19.1. The van der Waals surface area contributed by atoms with E-state index in [9.17, 15) is 9.18 Å². The predicted molar refractivity (Wildman–Crippen MR) is 67.3 cm³/mol. The lowest BCUT2D eigenvalue weighted by Crippen LogP contribution is -2.39. The van der Waals surface area contributed by atoms with E-state index in [1.807, 2.05) is 6.08 Å². The lowest BCUT2D eigenvalue weighted by molar-refractivity contribution is -0.138. The molecule has 1 unspecified atom stereocenters. The lowest BCUT2D eigenvalue weighted by Gasteiger charge is -2.27. The van der Waals surface area contributed by atoms with Gasteiger partial charge in [0.05, 0.1) is 0 Å². The van der Waals surface area contributed by atoms with Crippen molar-refractivity contribution in [3.8, 4) is 0 Å². The smallest absolute Gasteiger partial charge is 0.174 e. The molecule has 1 nitrogen and oxygen atoms in total. The summed E-state index contributed by atoms with van der Waals surface area (Å²) in [5.41, 5.74) is -2.27. The van der Waals surface area contributed by atoms with Crippen LogP contribution in [0.2, 0.25) is 0 Å². The number of allylic oxidation sites excluding steroid dienone is 1. The van der Waals surface area contributed by atoms with Crippen LogP contribution in [0.5, 0.6) is 0 Å². The van der Waals surface area contributed by atoms with Gasteiger partial charge < -0.3 is 0 Å². The van der Waals surface area contributed by atoms with E-state index in [-0.39, 0.29) is 5.78 Å². The van der Waals surface area contributed by atoms with E-state index in [1.54, 1.807) is 20.8 Å². The molecule has 94 valence electrons. The van der Waals surface area contributed by atoms with Crippen LogP contribution in [0.3, 0.4) is 0 Å². The first kappa shape index (κ1) is 15.3. The molecule has 0 amide bonds. The van der Waals surface area contributed by atoms with E-state index in [2.05, 4.69) is 6.58 Å². The fourth-order valence-electron chi connectivity index (χ4n) is 1.82. The van der Waals surface area contributed by atoms with Gasteiger partial charge in [0.1, 0.15) is 0 Å². The van der Waals surface area contributed by atoms with Crippen molar-refractivity contribution in [1.82, 2.24) is 0 Å². The number of alkyl halides is 1. The molecule has 0 spiro atoms. The average molecular weight is 228 g/mol. The zero-order valence-electron chi connectivity index (χ0n) is 11.1. The second-order valence-corrected chi connectivity index (χ2v) is 5.66. The third-order valence-corrected chi connectivity index (χ3v) is 2.71. The van der Waals surface area contributed by atoms with Gasteiger partial charge in [-0.15, -0.1) is 6.58 Å². The highest BCUT2D eigenvalue weighted by Gasteiger charge is 2.39. The number of carbonyl (C=O) groups is 1. The van der Waals surface area contributed by atoms with E-state index < -0.39 is 11.1 Å². The summed E-state index contributed by atoms with van der Waals surface area (Å²) in [7, 11) is 0. The molecule has 0 fully saturated rings. The Morgan fingerprint density at radius 2 is 1.75 bits per heavy atom. The second kappa shape index (κ2) is 6.17. The first-order chi connectivity index (χ1) is 7.22. The highest BCUT2D eigenvalue weighted by molar-refractivity contribution is 5.91. The van der Waals surface area contributed by atoms with Gasteiger partial charge in [-0.1, -0.05) is 33.3 Å². The fourth-order valence-corrected chi connectivity index (χ4v) is 1.82. The number of hydrogen-bond donors (Lipinski definition) is 0. The van der Waals surface area contributed by atoms with E-state index in [1.165, 1.54) is 6.92 Å². The van der Waals surface area contributed by atoms with Crippen LogP contribution in [0.15, 0.2) is 12.7 Å². The van der Waals surface area contributed by atoms with Gasteiger partial charge in [-0.25, -0.2) is 4.39 Å². The zero-order chi connectivity index (χ0) is 12.8. The van der Waals surface area contributed by atoms with Gasteiger partial charge >= 0.3 is 0 Å². The third kappa shape index (κ3) is 5.43. The maximum Gasteiger partial charge on any atom is 0.174 e. The van der Waals surface area contributed by atoms with Gasteiger partial charge in [-0.05, 0) is 32.6 Å². The van der Waals surface area contributed by atoms with Crippen LogP contribution in [0.25, 0.3) is 0 Å². The molecule has 0 aliphatic carbocycles. The third-order valence-electron chi connectivity index (χ3n) is 2.71. The fraction of sp³-hybridized carbons (Fsp3) is 0.786. The van der Waals surface area contributed by atoms with Crippen molar-refractivity contribution in [1.29, 1.82) is 0 Å². The molecule has 16 heavy (non-hydrogen) atoms. The number of hydrogen-bond acceptors (Lipinski definition) is 1. The first-order valence-electron chi connectivity index (χ1n) is 6.06. The van der Waals surface area contributed by atoms with Crippen LogP contribution in [0.4, 0.5) is 4.39 Å². The molecule has 0 saturated heterocycles. The molecule has 2 heteroatoms. The topological polar surface area (TPSA) is 17.1 Å². The van der Waals surface area contributed by atoms with Crippen LogP contribution in [-0.4, -0.2) is 11.5 Å². The summed E-state index contributed by atoms with van der Waals surface area (Å²) < 4.78 is 14.1. The van der Waals surface area contributed by atoms with Gasteiger partial charge in [-0.3, -0.25) is 4.79 Å². The predicted octanol–water partition coefficient (Wildman–Crippen LogP) is 4.47. The van der Waals surface area contributed by atoms with Gasteiger partial charge in [0.2, 0.25) is 0 Å². The molecule has 0 radical (unpaired) electrons. The number of carbonyl (C=O) groups excluding carboxylic acids is 1. The zero-order valence-corrected chi connectivity index (χ0v) is 11.1. The molecule has 1 atom stereocenters. The Morgan fingerprint density at radius 3 is 2.19 bits per heavy atom. The van der Waals surface area contributed by atoms with E-state index >= 15 is 0 Å². The van der Waals surface area contributed by atoms with Crippen LogP contribution in [0, 0.1) is 5.41 Å². The number of Topliss-reactive ketones (excluding diaryl/α,β-unsaturated/α-hetero) is 1. The Hall–Kier alpha value is -0.660. The molecule has 0 aromatic rings. The Labute approximate surface area is 99.1 Å². The molecule has 0 bridgehead atoms. The molecule has 0 N–H and O–H groups in total. The lowest BCUT2D eigenvalue weighted by atomic mass is 9.80. The highest BCUT2D eigenvalue weighted by Crippen LogP contribution is 2.30. The van der Waals surface area contributed by atoms with Crippen molar-refractivity contribution >= 4 is 5.78 Å². The standard InChI is InChI=1S/C14H25FO/c1-6-7-8-9-10-11-14(5,15)12(16)13(2,3)4/h6H,1,7-11H2,2-5H3. The maximum absolute atomic E-state index is 14.1. The van der Waals surface area contributed by atoms with Gasteiger partial charge in [0.15, 0.2) is 11.5 Å². The first-order valence-corrected chi connectivity index (χ1v) is 6.06. The summed E-state index contributed by atoms with van der Waals surface area (Å²) in [5.74, 6) is -0.288. The Kier molecular flexibility index (Phi) is 5.91. The van der Waals surface area contributed by atoms with Gasteiger partial charge in [0.25, 0.3) is 0 Å². The molecule has 0 aliphatic heterocycles. The van der Waals surface area contributed by atoms with E-state index in [0.29, 0.717) is 6.42 Å². The average Bonchev–Trinajstić information content (AvgIpc) is 2.15. The monoisotopic (exact) mass is 228 g/mol. The minimum atomic E-state index is -1.67. The van der Waals surface area contributed by atoms with Crippen molar-refractivity contribution in [2.24, 2.45) is 5.41 Å². The molecule has 0 aromatic carbocycles. The summed E-state index contributed by atoms with van der Waals surface area (Å²) >= 11 is 0. The van der Waals surface area contributed by atoms with Crippen LogP contribution in [-0.2, 0) is 4.79 Å². The summed E-state index contributed by atoms with van der Waals surface area (Å²) in [4.78, 5) is 11.8. The van der Waals surface area contributed by atoms with Gasteiger partial charge in [0, 0.05) is 5.41 Å². The minimum absolute atomic E-state index is 0.288. The summed E-state index contributed by atoms with van der Waals surface area (Å²) in [6.45, 7) is 10.4. The molecular weight excluding hydrogens is 203 g/mol. The van der Waals surface area contributed by atoms with Crippen molar-refractivity contribution in [3.05, 3.63) is 12.7 Å². The van der Waals surface area contributed by atoms with E-state index in [0.717, 1.165) is 25.7 Å². The number of halogens is 1. The number of unbranched alkanes of at least 4 members (excludes halogenated alkanes) is 3. The molecule has 0 saturated carbocycles. The largest absolute Gasteiger partial charge is 0.296 e. The summed E-state index contributed by atoms with van der Waals surface area (Å²) in [6.07, 6.45) is 5.93. The summed E-state index contributed by atoms with van der Waals surface area (Å²) in [6, 6.07) is 0. The molecule has 0 aliphatic rings. The number of ketones is 1. The molecular formula is C14H25FO. The van der Waals surface area contributed by atoms with Crippen molar-refractivity contribution < 1.29 is 9.18 Å². The SMILES string of the molecule is C=CCCCCCC(C)(F)C(=O)C(C)(C)C. The summed E-state index contributed by atoms with van der Waals surface area (Å²) in [5, 5.41) is 0. The quantitative estimate of drug-likeness (QED) is 0.464. The molecule has 0 rings (SSSR count). The van der Waals surface area contributed by atoms with E-state index in [4.69, 9.17) is 0 Å². The second-order valence-electron chi connectivity index (χ2n) is 5.66. The van der Waals surface area contributed by atoms with Crippen molar-refractivity contribution in [2.45, 2.75) is 65.5 Å². The minimum Gasteiger partial charge on any atom is -0.296 e. The molecule has 0 heterocycles. The van der Waals surface area contributed by atoms with Crippen molar-refractivity contribution in [2.75, 3.05) is 0 Å². The molecule has 0 aromatic heterocycles. The Bertz CT molecular complexity index is 236. The van der Waals surface area contributed by atoms with Crippen LogP contribution >= 0.6 is 0 Å². The van der Waals surface area contributed by atoms with Gasteiger partial charge in [-0.2, -0.15) is 0 Å². The Morgan fingerprint density at radius 1 is 1.19 bits per heavy atom. The maximum atomic E-state index is 14.1.